The van der Waals surface area contributed by atoms with Crippen LogP contribution in [0.25, 0.3) is 0 Å². The summed E-state index contributed by atoms with van der Waals surface area (Å²) < 4.78 is 79.7. The normalized spacial score (nSPS) is 12.1. The Labute approximate surface area is 145 Å². The molecule has 1 aromatic carbocycles. The van der Waals surface area contributed by atoms with E-state index < -0.39 is 30.4 Å². The van der Waals surface area contributed by atoms with Crippen molar-refractivity contribution in [1.82, 2.24) is 9.97 Å². The van der Waals surface area contributed by atoms with E-state index in [1.165, 1.54) is 0 Å². The molecule has 0 saturated heterocycles. The minimum atomic E-state index is -4.94. The maximum absolute atomic E-state index is 12.9. The third kappa shape index (κ3) is 5.78. The maximum atomic E-state index is 12.9. The molecule has 1 aromatic heterocycles. The van der Waals surface area contributed by atoms with Gasteiger partial charge in [0, 0.05) is 11.9 Å². The Morgan fingerprint density at radius 1 is 1.12 bits per heavy atom. The van der Waals surface area contributed by atoms with Crippen molar-refractivity contribution in [2.45, 2.75) is 32.1 Å². The van der Waals surface area contributed by atoms with Gasteiger partial charge in [0.2, 0.25) is 11.8 Å². The Morgan fingerprint density at radius 3 is 2.46 bits per heavy atom. The zero-order valence-corrected chi connectivity index (χ0v) is 13.6. The van der Waals surface area contributed by atoms with Crippen molar-refractivity contribution in [3.05, 3.63) is 41.6 Å². The van der Waals surface area contributed by atoms with E-state index in [4.69, 9.17) is 0 Å². The fraction of sp³-hybridized carbons (Fsp3) is 0.375. The Kier molecular flexibility index (Phi) is 5.94. The van der Waals surface area contributed by atoms with Crippen LogP contribution in [0.1, 0.15) is 24.5 Å². The zero-order chi connectivity index (χ0) is 19.4. The van der Waals surface area contributed by atoms with Gasteiger partial charge >= 0.3 is 12.4 Å². The summed E-state index contributed by atoms with van der Waals surface area (Å²) in [5.74, 6) is -1.49. The van der Waals surface area contributed by atoms with Crippen LogP contribution < -0.4 is 10.1 Å². The molecule has 0 aliphatic carbocycles. The fourth-order valence-electron chi connectivity index (χ4n) is 2.10. The van der Waals surface area contributed by atoms with Crippen LogP contribution in [0.4, 0.5) is 38.0 Å². The number of aryl methyl sites for hydroxylation is 1. The zero-order valence-electron chi connectivity index (χ0n) is 13.6. The van der Waals surface area contributed by atoms with Crippen LogP contribution in [0, 0.1) is 0 Å². The molecule has 1 heterocycles. The number of nitrogens with one attached hydrogen (secondary N) is 1. The molecule has 10 heteroatoms. The molecule has 0 bridgehead atoms. The van der Waals surface area contributed by atoms with Gasteiger partial charge in [0.05, 0.1) is 0 Å². The predicted octanol–water partition coefficient (Wildman–Crippen LogP) is 5.13. The highest BCUT2D eigenvalue weighted by atomic mass is 19.4. The molecule has 26 heavy (non-hydrogen) atoms. The summed E-state index contributed by atoms with van der Waals surface area (Å²) in [5, 5.41) is 2.67. The number of halogens is 6. The molecule has 2 aromatic rings. The molecule has 2 rings (SSSR count). The lowest BCUT2D eigenvalue weighted by Crippen LogP contribution is -2.22. The number of benzene rings is 1. The van der Waals surface area contributed by atoms with Gasteiger partial charge in [0.25, 0.3) is 0 Å². The van der Waals surface area contributed by atoms with Gasteiger partial charge in [-0.25, -0.2) is 4.98 Å². The van der Waals surface area contributed by atoms with Gasteiger partial charge in [0.1, 0.15) is 5.56 Å². The van der Waals surface area contributed by atoms with Crippen LogP contribution in [0.2, 0.25) is 0 Å². The van der Waals surface area contributed by atoms with E-state index in [0.29, 0.717) is 11.9 Å². The van der Waals surface area contributed by atoms with Gasteiger partial charge in [-0.3, -0.25) is 0 Å². The SMILES string of the molecule is CCCc1cccc(Nc2ncc(C(F)(F)F)c(OCC(F)(F)F)n2)c1. The molecular formula is C16H15F6N3O. The lowest BCUT2D eigenvalue weighted by Gasteiger charge is -2.15. The fourth-order valence-corrected chi connectivity index (χ4v) is 2.10. The summed E-state index contributed by atoms with van der Waals surface area (Å²) in [5.41, 5.74) is 0.00229. The first-order valence-corrected chi connectivity index (χ1v) is 7.58. The molecule has 0 fully saturated rings. The van der Waals surface area contributed by atoms with Crippen LogP contribution in [-0.2, 0) is 12.6 Å². The second-order valence-electron chi connectivity index (χ2n) is 5.39. The molecule has 0 atom stereocenters. The van der Waals surface area contributed by atoms with Gasteiger partial charge in [0.15, 0.2) is 6.61 Å². The number of alkyl halides is 6. The molecule has 0 aliphatic rings. The van der Waals surface area contributed by atoms with Crippen LogP contribution in [0.3, 0.4) is 0 Å². The molecular weight excluding hydrogens is 364 g/mol. The molecule has 4 nitrogen and oxygen atoms in total. The van der Waals surface area contributed by atoms with E-state index in [2.05, 4.69) is 20.0 Å². The first-order chi connectivity index (χ1) is 12.1. The number of rotatable bonds is 6. The van der Waals surface area contributed by atoms with Crippen molar-refractivity contribution in [2.75, 3.05) is 11.9 Å². The second kappa shape index (κ2) is 7.79. The van der Waals surface area contributed by atoms with Gasteiger partial charge in [-0.15, -0.1) is 0 Å². The molecule has 0 amide bonds. The van der Waals surface area contributed by atoms with E-state index in [1.54, 1.807) is 18.2 Å². The Morgan fingerprint density at radius 2 is 1.85 bits per heavy atom. The van der Waals surface area contributed by atoms with Crippen molar-refractivity contribution in [1.29, 1.82) is 0 Å². The minimum absolute atomic E-state index is 0.302. The Bertz CT molecular complexity index is 745. The first-order valence-electron chi connectivity index (χ1n) is 7.58. The summed E-state index contributed by atoms with van der Waals surface area (Å²) in [4.78, 5) is 6.97. The summed E-state index contributed by atoms with van der Waals surface area (Å²) in [7, 11) is 0. The summed E-state index contributed by atoms with van der Waals surface area (Å²) in [6.07, 6.45) is -7.66. The van der Waals surface area contributed by atoms with Crippen molar-refractivity contribution in [2.24, 2.45) is 0 Å². The molecule has 0 spiro atoms. The van der Waals surface area contributed by atoms with Crippen LogP contribution in [0.15, 0.2) is 30.5 Å². The number of hydrogen-bond acceptors (Lipinski definition) is 4. The lowest BCUT2D eigenvalue weighted by atomic mass is 10.1. The van der Waals surface area contributed by atoms with Crippen molar-refractivity contribution >= 4 is 11.6 Å². The standard InChI is InChI=1S/C16H15F6N3O/c1-2-4-10-5-3-6-11(7-10)24-14-23-8-12(16(20,21)22)13(25-14)26-9-15(17,18)19/h3,5-8H,2,4,9H2,1H3,(H,23,24,25). The van der Waals surface area contributed by atoms with Crippen molar-refractivity contribution < 1.29 is 31.1 Å². The smallest absolute Gasteiger partial charge is 0.423 e. The average Bonchev–Trinajstić information content (AvgIpc) is 2.52. The average molecular weight is 379 g/mol. The molecule has 1 N–H and O–H groups in total. The van der Waals surface area contributed by atoms with Gasteiger partial charge in [-0.2, -0.15) is 31.3 Å². The third-order valence-electron chi connectivity index (χ3n) is 3.15. The van der Waals surface area contributed by atoms with Gasteiger partial charge in [-0.1, -0.05) is 25.5 Å². The first kappa shape index (κ1) is 19.8. The molecule has 0 saturated carbocycles. The lowest BCUT2D eigenvalue weighted by molar-refractivity contribution is -0.159. The maximum Gasteiger partial charge on any atom is 0.423 e. The van der Waals surface area contributed by atoms with Crippen LogP contribution in [0.5, 0.6) is 5.88 Å². The third-order valence-corrected chi connectivity index (χ3v) is 3.15. The van der Waals surface area contributed by atoms with Gasteiger partial charge in [-0.05, 0) is 24.1 Å². The topological polar surface area (TPSA) is 47.0 Å². The quantitative estimate of drug-likeness (QED) is 0.707. The predicted molar refractivity (Wildman–Crippen MR) is 82.3 cm³/mol. The van der Waals surface area contributed by atoms with E-state index in [0.717, 1.165) is 18.4 Å². The number of nitrogens with zero attached hydrogens (tertiary/aromatic N) is 2. The van der Waals surface area contributed by atoms with Crippen molar-refractivity contribution in [3.63, 3.8) is 0 Å². The molecule has 0 radical (unpaired) electrons. The van der Waals surface area contributed by atoms with Crippen LogP contribution in [-0.4, -0.2) is 22.8 Å². The Balaban J connectivity index is 2.28. The summed E-state index contributed by atoms with van der Waals surface area (Å²) in [6.45, 7) is 0.0991. The van der Waals surface area contributed by atoms with E-state index in [-0.39, 0.29) is 5.95 Å². The highest BCUT2D eigenvalue weighted by Gasteiger charge is 2.38. The van der Waals surface area contributed by atoms with Crippen LogP contribution >= 0.6 is 0 Å². The molecule has 142 valence electrons. The van der Waals surface area contributed by atoms with Gasteiger partial charge < -0.3 is 10.1 Å². The highest BCUT2D eigenvalue weighted by molar-refractivity contribution is 5.55. The second-order valence-corrected chi connectivity index (χ2v) is 5.39. The van der Waals surface area contributed by atoms with E-state index in [9.17, 15) is 26.3 Å². The highest BCUT2D eigenvalue weighted by Crippen LogP contribution is 2.36. The number of anilines is 2. The molecule has 0 unspecified atom stereocenters. The minimum Gasteiger partial charge on any atom is -0.467 e. The summed E-state index contributed by atoms with van der Waals surface area (Å²) in [6, 6.07) is 7.00. The number of hydrogen-bond donors (Lipinski definition) is 1. The number of ether oxygens (including phenoxy) is 1. The number of aromatic nitrogens is 2. The Hall–Kier alpha value is -2.52. The monoisotopic (exact) mass is 379 g/mol. The largest absolute Gasteiger partial charge is 0.467 e. The molecule has 0 aliphatic heterocycles. The van der Waals surface area contributed by atoms with E-state index >= 15 is 0 Å². The van der Waals surface area contributed by atoms with Crippen molar-refractivity contribution in [3.8, 4) is 5.88 Å². The van der Waals surface area contributed by atoms with E-state index in [1.807, 2.05) is 13.0 Å². The summed E-state index contributed by atoms with van der Waals surface area (Å²) >= 11 is 0.